The first-order valence-electron chi connectivity index (χ1n) is 10.5. The average Bonchev–Trinajstić information content (AvgIpc) is 2.89. The first-order chi connectivity index (χ1) is 16.6. The fourth-order valence-corrected chi connectivity index (χ4v) is 3.18. The Balaban J connectivity index is 1.46. The van der Waals surface area contributed by atoms with E-state index in [1.807, 2.05) is 36.4 Å². The highest BCUT2D eigenvalue weighted by molar-refractivity contribution is 5.95. The average molecular weight is 448 g/mol. The number of carbonyl (C=O) groups is 1. The summed E-state index contributed by atoms with van der Waals surface area (Å²) in [6.45, 7) is 0.587. The quantitative estimate of drug-likeness (QED) is 0.393. The highest BCUT2D eigenvalue weighted by Gasteiger charge is 2.10. The van der Waals surface area contributed by atoms with E-state index in [1.165, 1.54) is 0 Å². The standard InChI is InChI=1S/C26H21N7O/c27-14-18-9-11-22(12-10-18)33-31-17-24-25(28)29-16-23(32-24)20-7-4-8-21(13-20)26(34)30-15-19-5-2-1-3-6-19/h1-13,16H,15,17H2,(H2,28,29)(H,30,34). The van der Waals surface area contributed by atoms with E-state index in [2.05, 4.69) is 31.6 Å². The smallest absolute Gasteiger partial charge is 0.251 e. The lowest BCUT2D eigenvalue weighted by Gasteiger charge is -2.08. The van der Waals surface area contributed by atoms with Gasteiger partial charge >= 0.3 is 0 Å². The number of rotatable bonds is 7. The van der Waals surface area contributed by atoms with Crippen LogP contribution >= 0.6 is 0 Å². The van der Waals surface area contributed by atoms with Crippen LogP contribution in [-0.4, -0.2) is 15.9 Å². The molecule has 3 aromatic carbocycles. The minimum atomic E-state index is -0.175. The minimum Gasteiger partial charge on any atom is -0.382 e. The molecule has 0 fully saturated rings. The van der Waals surface area contributed by atoms with E-state index in [-0.39, 0.29) is 18.3 Å². The van der Waals surface area contributed by atoms with Gasteiger partial charge in [-0.05, 0) is 42.0 Å². The van der Waals surface area contributed by atoms with E-state index in [1.54, 1.807) is 48.7 Å². The summed E-state index contributed by atoms with van der Waals surface area (Å²) in [6, 6.07) is 25.7. The van der Waals surface area contributed by atoms with Gasteiger partial charge in [0, 0.05) is 17.7 Å². The largest absolute Gasteiger partial charge is 0.382 e. The number of amides is 1. The Bertz CT molecular complexity index is 1360. The van der Waals surface area contributed by atoms with Crippen LogP contribution in [0.15, 0.2) is 95.3 Å². The third-order valence-electron chi connectivity index (χ3n) is 5.00. The van der Waals surface area contributed by atoms with Crippen LogP contribution in [0.2, 0.25) is 0 Å². The third-order valence-corrected chi connectivity index (χ3v) is 5.00. The van der Waals surface area contributed by atoms with Crippen LogP contribution in [0.25, 0.3) is 11.3 Å². The molecule has 1 amide bonds. The summed E-state index contributed by atoms with van der Waals surface area (Å²) < 4.78 is 0. The van der Waals surface area contributed by atoms with Gasteiger partial charge in [-0.25, -0.2) is 9.97 Å². The maximum absolute atomic E-state index is 12.6. The van der Waals surface area contributed by atoms with Crippen LogP contribution < -0.4 is 11.1 Å². The third kappa shape index (κ3) is 5.66. The lowest BCUT2D eigenvalue weighted by atomic mass is 10.1. The van der Waals surface area contributed by atoms with Crippen molar-refractivity contribution in [3.8, 4) is 17.3 Å². The molecule has 4 aromatic rings. The van der Waals surface area contributed by atoms with E-state index in [0.29, 0.717) is 34.7 Å². The van der Waals surface area contributed by atoms with Crippen molar-refractivity contribution in [3.63, 3.8) is 0 Å². The fourth-order valence-electron chi connectivity index (χ4n) is 3.18. The zero-order valence-corrected chi connectivity index (χ0v) is 18.2. The normalized spacial score (nSPS) is 10.7. The number of nitrogens with two attached hydrogens (primary N) is 1. The number of nitrogens with one attached hydrogen (secondary N) is 1. The van der Waals surface area contributed by atoms with Crippen molar-refractivity contribution in [2.24, 2.45) is 10.2 Å². The molecule has 0 aliphatic rings. The van der Waals surface area contributed by atoms with E-state index in [0.717, 1.165) is 11.1 Å². The lowest BCUT2D eigenvalue weighted by molar-refractivity contribution is 0.0951. The molecule has 0 radical (unpaired) electrons. The fraction of sp³-hybridized carbons (Fsp3) is 0.0769. The summed E-state index contributed by atoms with van der Waals surface area (Å²) in [5.41, 5.74) is 10.5. The van der Waals surface area contributed by atoms with Crippen LogP contribution in [0, 0.1) is 11.3 Å². The number of nitrogen functional groups attached to an aromatic ring is 1. The van der Waals surface area contributed by atoms with Gasteiger partial charge in [0.05, 0.1) is 29.2 Å². The van der Waals surface area contributed by atoms with Crippen molar-refractivity contribution in [2.75, 3.05) is 5.73 Å². The highest BCUT2D eigenvalue weighted by atomic mass is 16.1. The maximum atomic E-state index is 12.6. The molecule has 0 saturated carbocycles. The molecule has 0 spiro atoms. The second-order valence-corrected chi connectivity index (χ2v) is 7.39. The number of hydrogen-bond acceptors (Lipinski definition) is 7. The zero-order valence-electron chi connectivity index (χ0n) is 18.2. The molecule has 0 unspecified atom stereocenters. The number of hydrogen-bond donors (Lipinski definition) is 2. The molecular formula is C26H21N7O. The molecule has 0 saturated heterocycles. The molecule has 0 aliphatic carbocycles. The first kappa shape index (κ1) is 22.3. The Morgan fingerprint density at radius 3 is 2.59 bits per heavy atom. The number of anilines is 1. The summed E-state index contributed by atoms with van der Waals surface area (Å²) in [7, 11) is 0. The van der Waals surface area contributed by atoms with Crippen molar-refractivity contribution in [1.82, 2.24) is 15.3 Å². The van der Waals surface area contributed by atoms with Gasteiger partial charge in [0.2, 0.25) is 0 Å². The molecular weight excluding hydrogens is 426 g/mol. The molecule has 0 aliphatic heterocycles. The second-order valence-electron chi connectivity index (χ2n) is 7.39. The number of nitriles is 1. The Labute approximate surface area is 196 Å². The van der Waals surface area contributed by atoms with Gasteiger partial charge in [0.1, 0.15) is 18.1 Å². The summed E-state index contributed by atoms with van der Waals surface area (Å²) in [5.74, 6) is 0.0878. The summed E-state index contributed by atoms with van der Waals surface area (Å²) in [4.78, 5) is 21.4. The molecule has 8 nitrogen and oxygen atoms in total. The molecule has 4 rings (SSSR count). The molecule has 34 heavy (non-hydrogen) atoms. The van der Waals surface area contributed by atoms with E-state index >= 15 is 0 Å². The second kappa shape index (κ2) is 10.6. The highest BCUT2D eigenvalue weighted by Crippen LogP contribution is 2.21. The lowest BCUT2D eigenvalue weighted by Crippen LogP contribution is -2.22. The van der Waals surface area contributed by atoms with Gasteiger partial charge in [-0.3, -0.25) is 4.79 Å². The zero-order chi connectivity index (χ0) is 23.8. The summed E-state index contributed by atoms with van der Waals surface area (Å²) in [6.07, 6.45) is 1.57. The summed E-state index contributed by atoms with van der Waals surface area (Å²) >= 11 is 0. The molecule has 0 atom stereocenters. The van der Waals surface area contributed by atoms with Crippen molar-refractivity contribution in [2.45, 2.75) is 13.1 Å². The predicted octanol–water partition coefficient (Wildman–Crippen LogP) is 4.81. The SMILES string of the molecule is N#Cc1ccc(N=NCc2nc(-c3cccc(C(=O)NCc4ccccc4)c3)cnc2N)cc1. The van der Waals surface area contributed by atoms with E-state index < -0.39 is 0 Å². The number of nitrogens with zero attached hydrogens (tertiary/aromatic N) is 5. The van der Waals surface area contributed by atoms with Crippen molar-refractivity contribution < 1.29 is 4.79 Å². The minimum absolute atomic E-state index is 0.143. The van der Waals surface area contributed by atoms with Crippen LogP contribution in [0.1, 0.15) is 27.2 Å². The van der Waals surface area contributed by atoms with Crippen LogP contribution in [0.5, 0.6) is 0 Å². The van der Waals surface area contributed by atoms with E-state index in [9.17, 15) is 4.79 Å². The number of aromatic nitrogens is 2. The van der Waals surface area contributed by atoms with Crippen LogP contribution in [0.4, 0.5) is 11.5 Å². The molecule has 166 valence electrons. The maximum Gasteiger partial charge on any atom is 0.251 e. The first-order valence-corrected chi connectivity index (χ1v) is 10.5. The molecule has 1 heterocycles. The van der Waals surface area contributed by atoms with E-state index in [4.69, 9.17) is 11.0 Å². The van der Waals surface area contributed by atoms with Gasteiger partial charge in [0.15, 0.2) is 0 Å². The van der Waals surface area contributed by atoms with Gasteiger partial charge in [-0.2, -0.15) is 15.5 Å². The van der Waals surface area contributed by atoms with Gasteiger partial charge in [-0.15, -0.1) is 0 Å². The number of benzene rings is 3. The topological polar surface area (TPSA) is 129 Å². The van der Waals surface area contributed by atoms with Crippen molar-refractivity contribution in [3.05, 3.63) is 107 Å². The Morgan fingerprint density at radius 1 is 1.03 bits per heavy atom. The van der Waals surface area contributed by atoms with Gasteiger partial charge < -0.3 is 11.1 Å². The number of azo groups is 1. The van der Waals surface area contributed by atoms with Crippen LogP contribution in [0.3, 0.4) is 0 Å². The Hall–Kier alpha value is -4.90. The van der Waals surface area contributed by atoms with Crippen molar-refractivity contribution in [1.29, 1.82) is 5.26 Å². The molecule has 0 bridgehead atoms. The Morgan fingerprint density at radius 2 is 1.82 bits per heavy atom. The molecule has 3 N–H and O–H groups in total. The summed E-state index contributed by atoms with van der Waals surface area (Å²) in [5, 5.41) is 20.1. The predicted molar refractivity (Wildman–Crippen MR) is 129 cm³/mol. The van der Waals surface area contributed by atoms with Gasteiger partial charge in [0.25, 0.3) is 5.91 Å². The molecule has 8 heteroatoms. The van der Waals surface area contributed by atoms with Crippen LogP contribution in [-0.2, 0) is 13.1 Å². The molecule has 1 aromatic heterocycles. The van der Waals surface area contributed by atoms with Crippen molar-refractivity contribution >= 4 is 17.4 Å². The Kier molecular flexibility index (Phi) is 6.96. The van der Waals surface area contributed by atoms with Gasteiger partial charge in [-0.1, -0.05) is 42.5 Å². The number of carbonyl (C=O) groups excluding carboxylic acids is 1. The monoisotopic (exact) mass is 447 g/mol.